The van der Waals surface area contributed by atoms with Crippen LogP contribution < -0.4 is 5.32 Å². The Balaban J connectivity index is 1.60. The number of benzene rings is 1. The Morgan fingerprint density at radius 3 is 2.76 bits per heavy atom. The van der Waals surface area contributed by atoms with Crippen molar-refractivity contribution < 1.29 is 0 Å². The molecular formula is C18H29N3. The molecule has 1 aromatic carbocycles. The maximum absolute atomic E-state index is 3.49. The molecule has 2 aliphatic rings. The van der Waals surface area contributed by atoms with E-state index in [1.807, 2.05) is 0 Å². The molecule has 1 N–H and O–H groups in total. The molecule has 0 spiro atoms. The Hall–Kier alpha value is -0.900. The van der Waals surface area contributed by atoms with Crippen molar-refractivity contribution in [1.82, 2.24) is 15.1 Å². The van der Waals surface area contributed by atoms with Crippen LogP contribution in [0.4, 0.5) is 0 Å². The molecule has 2 heterocycles. The molecule has 2 fully saturated rings. The minimum absolute atomic E-state index is 0.448. The second-order valence-corrected chi connectivity index (χ2v) is 6.75. The first-order chi connectivity index (χ1) is 10.3. The number of nitrogens with one attached hydrogen (secondary N) is 1. The first-order valence-electron chi connectivity index (χ1n) is 8.42. The molecule has 116 valence electrons. The molecule has 0 aromatic heterocycles. The highest BCUT2D eigenvalue weighted by Gasteiger charge is 2.34. The van der Waals surface area contributed by atoms with Gasteiger partial charge in [-0.15, -0.1) is 0 Å². The molecule has 21 heavy (non-hydrogen) atoms. The van der Waals surface area contributed by atoms with Gasteiger partial charge < -0.3 is 15.1 Å². The van der Waals surface area contributed by atoms with E-state index < -0.39 is 0 Å². The zero-order chi connectivity index (χ0) is 14.7. The van der Waals surface area contributed by atoms with Gasteiger partial charge in [0.2, 0.25) is 0 Å². The van der Waals surface area contributed by atoms with Crippen molar-refractivity contribution in [1.29, 1.82) is 0 Å². The van der Waals surface area contributed by atoms with Crippen LogP contribution in [0.2, 0.25) is 0 Å². The molecule has 3 heteroatoms. The SMILES string of the molecule is CNC(CN1CCC2C(CCCN2C)C1)c1ccccc1. The van der Waals surface area contributed by atoms with E-state index in [0.717, 1.165) is 18.5 Å². The van der Waals surface area contributed by atoms with E-state index in [2.05, 4.69) is 59.5 Å². The van der Waals surface area contributed by atoms with Crippen molar-refractivity contribution in [3.63, 3.8) is 0 Å². The Labute approximate surface area is 129 Å². The van der Waals surface area contributed by atoms with Crippen LogP contribution in [-0.4, -0.2) is 56.1 Å². The Bertz CT molecular complexity index is 433. The van der Waals surface area contributed by atoms with E-state index in [4.69, 9.17) is 0 Å². The summed E-state index contributed by atoms with van der Waals surface area (Å²) in [6.07, 6.45) is 4.13. The highest BCUT2D eigenvalue weighted by atomic mass is 15.2. The van der Waals surface area contributed by atoms with Crippen LogP contribution in [0.15, 0.2) is 30.3 Å². The Kier molecular flexibility index (Phi) is 4.94. The maximum Gasteiger partial charge on any atom is 0.0446 e. The van der Waals surface area contributed by atoms with Gasteiger partial charge in [-0.1, -0.05) is 30.3 Å². The average molecular weight is 287 g/mol. The predicted octanol–water partition coefficient (Wildman–Crippen LogP) is 2.36. The number of nitrogens with zero attached hydrogens (tertiary/aromatic N) is 2. The van der Waals surface area contributed by atoms with Gasteiger partial charge >= 0.3 is 0 Å². The van der Waals surface area contributed by atoms with Crippen LogP contribution >= 0.6 is 0 Å². The Morgan fingerprint density at radius 2 is 2.00 bits per heavy atom. The highest BCUT2D eigenvalue weighted by Crippen LogP contribution is 2.30. The number of rotatable bonds is 4. The number of piperidine rings is 2. The summed E-state index contributed by atoms with van der Waals surface area (Å²) in [5.41, 5.74) is 1.41. The van der Waals surface area contributed by atoms with Gasteiger partial charge in [0.05, 0.1) is 0 Å². The molecule has 3 rings (SSSR count). The summed E-state index contributed by atoms with van der Waals surface area (Å²) in [7, 11) is 4.39. The molecule has 2 aliphatic heterocycles. The summed E-state index contributed by atoms with van der Waals surface area (Å²) < 4.78 is 0. The van der Waals surface area contributed by atoms with E-state index in [9.17, 15) is 0 Å². The highest BCUT2D eigenvalue weighted by molar-refractivity contribution is 5.19. The second kappa shape index (κ2) is 6.91. The van der Waals surface area contributed by atoms with Crippen molar-refractivity contribution in [2.75, 3.05) is 40.3 Å². The minimum Gasteiger partial charge on any atom is -0.312 e. The number of likely N-dealkylation sites (tertiary alicyclic amines) is 2. The first kappa shape index (κ1) is 15.0. The zero-order valence-corrected chi connectivity index (χ0v) is 13.5. The van der Waals surface area contributed by atoms with Crippen LogP contribution in [0.25, 0.3) is 0 Å². The van der Waals surface area contributed by atoms with E-state index >= 15 is 0 Å². The van der Waals surface area contributed by atoms with Gasteiger partial charge in [0.15, 0.2) is 0 Å². The summed E-state index contributed by atoms with van der Waals surface area (Å²) in [5.74, 6) is 0.880. The number of hydrogen-bond donors (Lipinski definition) is 1. The third-order valence-electron chi connectivity index (χ3n) is 5.42. The van der Waals surface area contributed by atoms with Gasteiger partial charge in [0.25, 0.3) is 0 Å². The summed E-state index contributed by atoms with van der Waals surface area (Å²) in [5, 5.41) is 3.49. The zero-order valence-electron chi connectivity index (χ0n) is 13.5. The standard InChI is InChI=1S/C18H29N3/c1-19-17(15-7-4-3-5-8-15)14-21-12-10-18-16(13-21)9-6-11-20(18)2/h3-5,7-8,16-19H,6,9-14H2,1-2H3. The van der Waals surface area contributed by atoms with Crippen molar-refractivity contribution >= 4 is 0 Å². The third-order valence-corrected chi connectivity index (χ3v) is 5.42. The van der Waals surface area contributed by atoms with Gasteiger partial charge in [-0.2, -0.15) is 0 Å². The van der Waals surface area contributed by atoms with Crippen LogP contribution in [0, 0.1) is 5.92 Å². The number of likely N-dealkylation sites (N-methyl/N-ethyl adjacent to an activating group) is 1. The number of hydrogen-bond acceptors (Lipinski definition) is 3. The first-order valence-corrected chi connectivity index (χ1v) is 8.42. The maximum atomic E-state index is 3.49. The van der Waals surface area contributed by atoms with Crippen molar-refractivity contribution in [2.45, 2.75) is 31.3 Å². The lowest BCUT2D eigenvalue weighted by molar-refractivity contribution is 0.0351. The quantitative estimate of drug-likeness (QED) is 0.917. The molecular weight excluding hydrogens is 258 g/mol. The van der Waals surface area contributed by atoms with E-state index in [-0.39, 0.29) is 0 Å². The molecule has 0 aliphatic carbocycles. The molecule has 0 saturated carbocycles. The van der Waals surface area contributed by atoms with Crippen molar-refractivity contribution in [2.24, 2.45) is 5.92 Å². The Morgan fingerprint density at radius 1 is 1.19 bits per heavy atom. The van der Waals surface area contributed by atoms with Crippen LogP contribution in [0.1, 0.15) is 30.9 Å². The van der Waals surface area contributed by atoms with Crippen LogP contribution in [0.5, 0.6) is 0 Å². The molecule has 3 atom stereocenters. The molecule has 3 nitrogen and oxygen atoms in total. The lowest BCUT2D eigenvalue weighted by Gasteiger charge is -2.46. The van der Waals surface area contributed by atoms with Crippen LogP contribution in [-0.2, 0) is 0 Å². The van der Waals surface area contributed by atoms with Gasteiger partial charge in [-0.05, 0) is 57.9 Å². The van der Waals surface area contributed by atoms with Gasteiger partial charge in [-0.3, -0.25) is 0 Å². The van der Waals surface area contributed by atoms with E-state index in [1.54, 1.807) is 0 Å². The van der Waals surface area contributed by atoms with Gasteiger partial charge in [-0.25, -0.2) is 0 Å². The normalized spacial score (nSPS) is 29.0. The van der Waals surface area contributed by atoms with Gasteiger partial charge in [0.1, 0.15) is 0 Å². The average Bonchev–Trinajstić information content (AvgIpc) is 2.53. The monoisotopic (exact) mass is 287 g/mol. The minimum atomic E-state index is 0.448. The lowest BCUT2D eigenvalue weighted by Crippen LogP contribution is -2.53. The third kappa shape index (κ3) is 3.47. The fourth-order valence-corrected chi connectivity index (χ4v) is 4.20. The summed E-state index contributed by atoms with van der Waals surface area (Å²) >= 11 is 0. The molecule has 3 unspecified atom stereocenters. The molecule has 0 amide bonds. The van der Waals surface area contributed by atoms with E-state index in [1.165, 1.54) is 44.5 Å². The molecule has 2 saturated heterocycles. The fraction of sp³-hybridized carbons (Fsp3) is 0.667. The molecule has 0 radical (unpaired) electrons. The number of fused-ring (bicyclic) bond motifs is 1. The predicted molar refractivity (Wildman–Crippen MR) is 88.4 cm³/mol. The summed E-state index contributed by atoms with van der Waals surface area (Å²) in [6.45, 7) is 4.95. The van der Waals surface area contributed by atoms with Crippen molar-refractivity contribution in [3.05, 3.63) is 35.9 Å². The second-order valence-electron chi connectivity index (χ2n) is 6.75. The fourth-order valence-electron chi connectivity index (χ4n) is 4.20. The summed E-state index contributed by atoms with van der Waals surface area (Å²) in [4.78, 5) is 5.27. The topological polar surface area (TPSA) is 18.5 Å². The van der Waals surface area contributed by atoms with Gasteiger partial charge in [0, 0.05) is 25.2 Å². The van der Waals surface area contributed by atoms with Crippen LogP contribution in [0.3, 0.4) is 0 Å². The molecule has 1 aromatic rings. The largest absolute Gasteiger partial charge is 0.312 e. The lowest BCUT2D eigenvalue weighted by atomic mass is 9.84. The summed E-state index contributed by atoms with van der Waals surface area (Å²) in [6, 6.07) is 12.1. The van der Waals surface area contributed by atoms with E-state index in [0.29, 0.717) is 6.04 Å². The smallest absolute Gasteiger partial charge is 0.0446 e. The van der Waals surface area contributed by atoms with Crippen molar-refractivity contribution in [3.8, 4) is 0 Å². The molecule has 0 bridgehead atoms.